The Labute approximate surface area is 82.3 Å². The second kappa shape index (κ2) is 7.17. The predicted molar refractivity (Wildman–Crippen MR) is 55.9 cm³/mol. The first kappa shape index (κ1) is 17.5. The summed E-state index contributed by atoms with van der Waals surface area (Å²) in [7, 11) is 4.13. The zero-order chi connectivity index (χ0) is 7.49. The molecule has 0 atom stereocenters. The summed E-state index contributed by atoms with van der Waals surface area (Å²) >= 11 is 0. The Kier molecular flexibility index (Phi) is 11.4. The SMILES string of the molecule is CN(C)CC(C)(C)CN.Cl.Cl. The van der Waals surface area contributed by atoms with E-state index >= 15 is 0 Å². The number of hydrogen-bond acceptors (Lipinski definition) is 2. The van der Waals surface area contributed by atoms with Gasteiger partial charge < -0.3 is 10.6 Å². The van der Waals surface area contributed by atoms with E-state index < -0.39 is 0 Å². The molecule has 0 fully saturated rings. The molecule has 11 heavy (non-hydrogen) atoms. The molecule has 0 rings (SSSR count). The third-order valence-corrected chi connectivity index (χ3v) is 1.30. The Bertz CT molecular complexity index is 84.5. The molecule has 0 heterocycles. The molecule has 0 aliphatic carbocycles. The maximum atomic E-state index is 5.53. The predicted octanol–water partition coefficient (Wildman–Crippen LogP) is 1.38. The van der Waals surface area contributed by atoms with Crippen molar-refractivity contribution in [2.24, 2.45) is 11.1 Å². The van der Waals surface area contributed by atoms with Crippen molar-refractivity contribution in [1.29, 1.82) is 0 Å². The molecule has 0 unspecified atom stereocenters. The fourth-order valence-corrected chi connectivity index (χ4v) is 0.921. The van der Waals surface area contributed by atoms with Crippen LogP contribution in [0, 0.1) is 5.41 Å². The number of nitrogens with zero attached hydrogens (tertiary/aromatic N) is 1. The van der Waals surface area contributed by atoms with E-state index in [1.165, 1.54) is 0 Å². The molecule has 0 aromatic carbocycles. The van der Waals surface area contributed by atoms with Crippen molar-refractivity contribution in [3.05, 3.63) is 0 Å². The van der Waals surface area contributed by atoms with Crippen LogP contribution in [-0.2, 0) is 0 Å². The summed E-state index contributed by atoms with van der Waals surface area (Å²) in [5, 5.41) is 0. The molecule has 0 aliphatic heterocycles. The van der Waals surface area contributed by atoms with Crippen LogP contribution >= 0.6 is 24.8 Å². The number of nitrogens with two attached hydrogens (primary N) is 1. The van der Waals surface area contributed by atoms with E-state index in [2.05, 4.69) is 32.8 Å². The van der Waals surface area contributed by atoms with Gasteiger partial charge in [0.2, 0.25) is 0 Å². The first-order chi connectivity index (χ1) is 3.98. The highest BCUT2D eigenvalue weighted by Crippen LogP contribution is 2.12. The summed E-state index contributed by atoms with van der Waals surface area (Å²) in [6.45, 7) is 6.16. The van der Waals surface area contributed by atoms with Crippen LogP contribution in [0.2, 0.25) is 0 Å². The summed E-state index contributed by atoms with van der Waals surface area (Å²) < 4.78 is 0. The van der Waals surface area contributed by atoms with Crippen LogP contribution in [-0.4, -0.2) is 32.1 Å². The molecular weight excluding hydrogens is 183 g/mol. The van der Waals surface area contributed by atoms with Crippen molar-refractivity contribution in [1.82, 2.24) is 4.90 Å². The van der Waals surface area contributed by atoms with Gasteiger partial charge in [0.15, 0.2) is 0 Å². The van der Waals surface area contributed by atoms with Crippen LogP contribution in [0.25, 0.3) is 0 Å². The van der Waals surface area contributed by atoms with Crippen molar-refractivity contribution in [2.75, 3.05) is 27.2 Å². The third-order valence-electron chi connectivity index (χ3n) is 1.30. The molecule has 0 spiro atoms. The normalized spacial score (nSPS) is 10.4. The van der Waals surface area contributed by atoms with E-state index in [0.717, 1.165) is 13.1 Å². The topological polar surface area (TPSA) is 29.3 Å². The summed E-state index contributed by atoms with van der Waals surface area (Å²) in [4.78, 5) is 2.16. The molecule has 4 heteroatoms. The van der Waals surface area contributed by atoms with Gasteiger partial charge in [-0.1, -0.05) is 13.8 Å². The van der Waals surface area contributed by atoms with Crippen molar-refractivity contribution in [3.8, 4) is 0 Å². The lowest BCUT2D eigenvalue weighted by Gasteiger charge is -2.26. The first-order valence-corrected chi connectivity index (χ1v) is 3.33. The van der Waals surface area contributed by atoms with E-state index in [4.69, 9.17) is 5.73 Å². The van der Waals surface area contributed by atoms with Crippen LogP contribution in [0.1, 0.15) is 13.8 Å². The molecule has 72 valence electrons. The van der Waals surface area contributed by atoms with E-state index in [9.17, 15) is 0 Å². The van der Waals surface area contributed by atoms with Gasteiger partial charge in [-0.25, -0.2) is 0 Å². The largest absolute Gasteiger partial charge is 0.330 e. The molecule has 2 N–H and O–H groups in total. The zero-order valence-electron chi connectivity index (χ0n) is 7.76. The number of halogens is 2. The molecule has 0 amide bonds. The fourth-order valence-electron chi connectivity index (χ4n) is 0.921. The average molecular weight is 203 g/mol. The second-order valence-corrected chi connectivity index (χ2v) is 3.61. The Morgan fingerprint density at radius 3 is 1.64 bits per heavy atom. The Hall–Kier alpha value is 0.500. The third kappa shape index (κ3) is 10.5. The minimum absolute atomic E-state index is 0. The Balaban J connectivity index is -0.000000320. The molecule has 0 aromatic heterocycles. The lowest BCUT2D eigenvalue weighted by molar-refractivity contribution is 0.248. The zero-order valence-corrected chi connectivity index (χ0v) is 9.39. The van der Waals surface area contributed by atoms with Gasteiger partial charge >= 0.3 is 0 Å². The highest BCUT2D eigenvalue weighted by atomic mass is 35.5. The minimum atomic E-state index is 0. The Morgan fingerprint density at radius 1 is 1.18 bits per heavy atom. The molecule has 0 aromatic rings. The number of hydrogen-bond donors (Lipinski definition) is 1. The van der Waals surface area contributed by atoms with Crippen LogP contribution in [0.3, 0.4) is 0 Å². The van der Waals surface area contributed by atoms with Crippen LogP contribution in [0.5, 0.6) is 0 Å². The van der Waals surface area contributed by atoms with Gasteiger partial charge in [0, 0.05) is 6.54 Å². The van der Waals surface area contributed by atoms with E-state index in [1.807, 2.05) is 0 Å². The minimum Gasteiger partial charge on any atom is -0.330 e. The van der Waals surface area contributed by atoms with Gasteiger partial charge in [-0.05, 0) is 26.1 Å². The van der Waals surface area contributed by atoms with Crippen molar-refractivity contribution >= 4 is 24.8 Å². The molecule has 0 bridgehead atoms. The van der Waals surface area contributed by atoms with Crippen molar-refractivity contribution in [2.45, 2.75) is 13.8 Å². The summed E-state index contributed by atoms with van der Waals surface area (Å²) in [5.41, 5.74) is 5.80. The summed E-state index contributed by atoms with van der Waals surface area (Å²) in [6, 6.07) is 0. The van der Waals surface area contributed by atoms with E-state index in [0.29, 0.717) is 0 Å². The standard InChI is InChI=1S/C7H18N2.2ClH/c1-7(2,5-8)6-9(3)4;;/h5-6,8H2,1-4H3;2*1H. The van der Waals surface area contributed by atoms with E-state index in [-0.39, 0.29) is 30.2 Å². The van der Waals surface area contributed by atoms with Gasteiger partial charge in [-0.2, -0.15) is 0 Å². The lowest BCUT2D eigenvalue weighted by atomic mass is 9.93. The lowest BCUT2D eigenvalue weighted by Crippen LogP contribution is -2.34. The summed E-state index contributed by atoms with van der Waals surface area (Å²) in [5.74, 6) is 0. The molecule has 0 saturated heterocycles. The molecule has 0 aliphatic rings. The summed E-state index contributed by atoms with van der Waals surface area (Å²) in [6.07, 6.45) is 0. The van der Waals surface area contributed by atoms with Gasteiger partial charge in [0.1, 0.15) is 0 Å². The van der Waals surface area contributed by atoms with Gasteiger partial charge in [0.25, 0.3) is 0 Å². The molecule has 0 radical (unpaired) electrons. The highest BCUT2D eigenvalue weighted by Gasteiger charge is 2.15. The second-order valence-electron chi connectivity index (χ2n) is 3.61. The van der Waals surface area contributed by atoms with E-state index in [1.54, 1.807) is 0 Å². The van der Waals surface area contributed by atoms with Crippen LogP contribution < -0.4 is 5.73 Å². The fraction of sp³-hybridized carbons (Fsp3) is 1.00. The highest BCUT2D eigenvalue weighted by molar-refractivity contribution is 5.85. The van der Waals surface area contributed by atoms with Gasteiger partial charge in [-0.3, -0.25) is 0 Å². The van der Waals surface area contributed by atoms with Crippen molar-refractivity contribution in [3.63, 3.8) is 0 Å². The van der Waals surface area contributed by atoms with Crippen molar-refractivity contribution < 1.29 is 0 Å². The molecule has 2 nitrogen and oxygen atoms in total. The molecular formula is C7H20Cl2N2. The number of rotatable bonds is 3. The van der Waals surface area contributed by atoms with Gasteiger partial charge in [-0.15, -0.1) is 24.8 Å². The average Bonchev–Trinajstić information content (AvgIpc) is 1.63. The maximum Gasteiger partial charge on any atom is 0.00387 e. The molecule has 0 saturated carbocycles. The quantitative estimate of drug-likeness (QED) is 0.750. The first-order valence-electron chi connectivity index (χ1n) is 3.33. The van der Waals surface area contributed by atoms with Crippen LogP contribution in [0.4, 0.5) is 0 Å². The smallest absolute Gasteiger partial charge is 0.00387 e. The monoisotopic (exact) mass is 202 g/mol. The van der Waals surface area contributed by atoms with Crippen LogP contribution in [0.15, 0.2) is 0 Å². The van der Waals surface area contributed by atoms with Gasteiger partial charge in [0.05, 0.1) is 0 Å². The maximum absolute atomic E-state index is 5.53. The Morgan fingerprint density at radius 2 is 1.55 bits per heavy atom.